The van der Waals surface area contributed by atoms with Crippen LogP contribution in [0.4, 0.5) is 11.6 Å². The van der Waals surface area contributed by atoms with Crippen LogP contribution < -0.4 is 21.6 Å². The highest BCUT2D eigenvalue weighted by molar-refractivity contribution is 5.87. The summed E-state index contributed by atoms with van der Waals surface area (Å²) >= 11 is 0. The average molecular weight is 735 g/mol. The molecule has 0 amide bonds. The lowest BCUT2D eigenvalue weighted by molar-refractivity contribution is -0.168. The number of aromatic hydroxyl groups is 1. The molecular weight excluding hydrogens is 692 g/mol. The largest absolute Gasteiger partial charge is 0.507 e. The Morgan fingerprint density at radius 3 is 2.72 bits per heavy atom. The van der Waals surface area contributed by atoms with Crippen molar-refractivity contribution in [1.29, 1.82) is 0 Å². The quantitative estimate of drug-likeness (QED) is 0.125. The van der Waals surface area contributed by atoms with Crippen molar-refractivity contribution in [1.82, 2.24) is 14.9 Å². The van der Waals surface area contributed by atoms with Gasteiger partial charge in [-0.15, -0.1) is 0 Å². The molecule has 8 rings (SSSR count). The second-order valence-electron chi connectivity index (χ2n) is 14.9. The molecule has 3 unspecified atom stereocenters. The van der Waals surface area contributed by atoms with E-state index in [0.29, 0.717) is 60.2 Å². The minimum absolute atomic E-state index is 0.0426. The zero-order chi connectivity index (χ0) is 37.9. The van der Waals surface area contributed by atoms with Gasteiger partial charge in [-0.2, -0.15) is 0 Å². The molecule has 1 saturated heterocycles. The fourth-order valence-electron chi connectivity index (χ4n) is 7.69. The van der Waals surface area contributed by atoms with Crippen molar-refractivity contribution in [2.45, 2.75) is 82.8 Å². The number of allylic oxidation sites excluding steroid dienone is 1. The third-order valence-electron chi connectivity index (χ3n) is 10.5. The minimum Gasteiger partial charge on any atom is -0.507 e. The van der Waals surface area contributed by atoms with Gasteiger partial charge < -0.3 is 45.2 Å². The number of fused-ring (bicyclic) bond motifs is 3. The van der Waals surface area contributed by atoms with Crippen LogP contribution in [0.1, 0.15) is 55.7 Å². The first-order valence-corrected chi connectivity index (χ1v) is 18.0. The van der Waals surface area contributed by atoms with Crippen LogP contribution in [0.5, 0.6) is 11.5 Å². The number of anilines is 2. The maximum absolute atomic E-state index is 14.0. The summed E-state index contributed by atoms with van der Waals surface area (Å²) in [6.45, 7) is 6.42. The molecule has 280 valence electrons. The van der Waals surface area contributed by atoms with E-state index >= 15 is 0 Å². The Kier molecular flexibility index (Phi) is 8.69. The number of aliphatic imine (C=N–C) groups is 1. The highest BCUT2D eigenvalue weighted by atomic mass is 16.7. The van der Waals surface area contributed by atoms with Gasteiger partial charge in [0.15, 0.2) is 11.0 Å². The number of phenols is 1. The van der Waals surface area contributed by atoms with Crippen molar-refractivity contribution < 1.29 is 33.6 Å². The Morgan fingerprint density at radius 2 is 1.93 bits per heavy atom. The molecule has 0 saturated carbocycles. The molecule has 3 atom stereocenters. The van der Waals surface area contributed by atoms with Gasteiger partial charge >= 0.3 is 5.97 Å². The number of epoxide rings is 1. The number of benzene rings is 1. The minimum atomic E-state index is -1.26. The Labute approximate surface area is 310 Å². The van der Waals surface area contributed by atoms with E-state index in [9.17, 15) is 19.8 Å². The van der Waals surface area contributed by atoms with Gasteiger partial charge in [0.1, 0.15) is 51.6 Å². The van der Waals surface area contributed by atoms with Crippen molar-refractivity contribution in [2.75, 3.05) is 24.6 Å². The van der Waals surface area contributed by atoms with Crippen molar-refractivity contribution in [3.8, 4) is 22.8 Å². The zero-order valence-corrected chi connectivity index (χ0v) is 30.3. The summed E-state index contributed by atoms with van der Waals surface area (Å²) in [5.74, 6) is 0.635. The zero-order valence-electron chi connectivity index (χ0n) is 30.3. The van der Waals surface area contributed by atoms with Gasteiger partial charge in [0.2, 0.25) is 0 Å². The number of ether oxygens (including phenoxy) is 3. The molecule has 1 aromatic carbocycles. The monoisotopic (exact) mass is 734 g/mol. The van der Waals surface area contributed by atoms with Gasteiger partial charge in [0, 0.05) is 60.8 Å². The number of aliphatic hydroxyl groups excluding tert-OH is 1. The number of nitrogen functional groups attached to an aromatic ring is 2. The number of carbonyl (C=O) groups is 1. The first kappa shape index (κ1) is 35.3. The number of esters is 1. The Bertz CT molecular complexity index is 2350. The fraction of sp³-hybridized carbons (Fsp3) is 0.375. The number of hydrogen-bond donors (Lipinski definition) is 4. The lowest BCUT2D eigenvalue weighted by Crippen LogP contribution is -2.50. The molecule has 3 aromatic heterocycles. The van der Waals surface area contributed by atoms with E-state index < -0.39 is 29.4 Å². The van der Waals surface area contributed by atoms with Crippen LogP contribution in [-0.4, -0.2) is 73.8 Å². The third-order valence-corrected chi connectivity index (χ3v) is 10.5. The number of aliphatic hydroxyl groups is 1. The summed E-state index contributed by atoms with van der Waals surface area (Å²) in [5.41, 5.74) is 15.7. The number of nitrogens with zero attached hydrogens (tertiary/aromatic N) is 4. The van der Waals surface area contributed by atoms with Gasteiger partial charge in [-0.3, -0.25) is 9.79 Å². The van der Waals surface area contributed by atoms with E-state index in [2.05, 4.69) is 19.9 Å². The van der Waals surface area contributed by atoms with Crippen LogP contribution in [0.3, 0.4) is 0 Å². The average Bonchev–Trinajstić information content (AvgIpc) is 3.42. The Balaban J connectivity index is 0.970. The molecule has 54 heavy (non-hydrogen) atoms. The number of aryl methyl sites for hydroxylation is 2. The molecule has 6 N–H and O–H groups in total. The number of phenolic OH excluding ortho intramolecular Hbond substituents is 1. The molecule has 0 radical (unpaired) electrons. The van der Waals surface area contributed by atoms with Crippen LogP contribution in [-0.2, 0) is 33.7 Å². The van der Waals surface area contributed by atoms with E-state index in [-0.39, 0.29) is 41.6 Å². The number of pyridine rings is 2. The molecule has 0 spiro atoms. The van der Waals surface area contributed by atoms with Crippen LogP contribution in [0, 0.1) is 6.92 Å². The number of carbonyl (C=O) groups excluding carboxylic acids is 1. The molecule has 0 bridgehead atoms. The Hall–Kier alpha value is -5.73. The first-order valence-electron chi connectivity index (χ1n) is 18.0. The van der Waals surface area contributed by atoms with Crippen LogP contribution in [0.2, 0.25) is 0 Å². The highest BCUT2D eigenvalue weighted by Gasteiger charge is 2.63. The van der Waals surface area contributed by atoms with Crippen LogP contribution in [0.15, 0.2) is 74.1 Å². The van der Waals surface area contributed by atoms with Crippen LogP contribution in [0.25, 0.3) is 22.2 Å². The lowest BCUT2D eigenvalue weighted by Gasteiger charge is -2.39. The second kappa shape index (κ2) is 13.3. The molecular formula is C40H42N6O8. The third kappa shape index (κ3) is 6.56. The molecule has 4 aliphatic rings. The smallest absolute Gasteiger partial charge is 0.341 e. The first-order chi connectivity index (χ1) is 25.8. The lowest BCUT2D eigenvalue weighted by atomic mass is 9.89. The van der Waals surface area contributed by atoms with Crippen molar-refractivity contribution in [3.63, 3.8) is 0 Å². The topological polar surface area (TPSA) is 212 Å². The molecule has 1 fully saturated rings. The predicted octanol–water partition coefficient (Wildman–Crippen LogP) is 4.26. The van der Waals surface area contributed by atoms with Gasteiger partial charge in [-0.25, -0.2) is 14.8 Å². The highest BCUT2D eigenvalue weighted by Crippen LogP contribution is 2.47. The van der Waals surface area contributed by atoms with Gasteiger partial charge in [0.05, 0.1) is 29.7 Å². The molecule has 14 nitrogen and oxygen atoms in total. The van der Waals surface area contributed by atoms with Gasteiger partial charge in [-0.1, -0.05) is 0 Å². The van der Waals surface area contributed by atoms with E-state index in [1.54, 1.807) is 45.2 Å². The number of aromatic nitrogens is 2. The van der Waals surface area contributed by atoms with E-state index in [4.69, 9.17) is 30.1 Å². The summed E-state index contributed by atoms with van der Waals surface area (Å²) < 4.78 is 24.2. The van der Waals surface area contributed by atoms with E-state index in [1.807, 2.05) is 24.4 Å². The van der Waals surface area contributed by atoms with Crippen molar-refractivity contribution >= 4 is 34.8 Å². The summed E-state index contributed by atoms with van der Waals surface area (Å²) in [6, 6.07) is 10.4. The Morgan fingerprint density at radius 1 is 1.11 bits per heavy atom. The molecule has 14 heteroatoms. The molecule has 7 heterocycles. The SMILES string of the molecule is Cc1cc(=O)c2c(O)c3c(cc2o1)OC(C)(C)C(OC(=O)C1(CCCO)OC1CCc1cc(N)nc(-c2cc(N)nc(CN4C=C5N=CC=C5C4)c2)c1)C3. The van der Waals surface area contributed by atoms with Gasteiger partial charge in [-0.05, 0) is 82.4 Å². The predicted molar refractivity (Wildman–Crippen MR) is 201 cm³/mol. The molecule has 0 aliphatic carbocycles. The summed E-state index contributed by atoms with van der Waals surface area (Å²) in [4.78, 5) is 42.4. The van der Waals surface area contributed by atoms with E-state index in [0.717, 1.165) is 29.1 Å². The number of rotatable bonds is 11. The van der Waals surface area contributed by atoms with Crippen LogP contribution >= 0.6 is 0 Å². The van der Waals surface area contributed by atoms with E-state index in [1.165, 1.54) is 11.6 Å². The van der Waals surface area contributed by atoms with Crippen molar-refractivity contribution in [3.05, 3.63) is 92.7 Å². The summed E-state index contributed by atoms with van der Waals surface area (Å²) in [5, 5.41) is 20.9. The normalized spacial score (nSPS) is 22.0. The summed E-state index contributed by atoms with van der Waals surface area (Å²) in [6.07, 6.45) is 6.24. The second-order valence-corrected chi connectivity index (χ2v) is 14.9. The summed E-state index contributed by atoms with van der Waals surface area (Å²) in [7, 11) is 0. The maximum atomic E-state index is 14.0. The van der Waals surface area contributed by atoms with Gasteiger partial charge in [0.25, 0.3) is 0 Å². The number of hydrogen-bond acceptors (Lipinski definition) is 14. The molecule has 4 aromatic rings. The molecule has 4 aliphatic heterocycles. The standard InChI is InChI=1S/C40H42N6O8/c1-21-11-29(48)36-31(51-21)17-30-26(37(36)49)16-33(39(2,3)53-30)52-38(50)40(8-4-10-47)32(54-40)6-5-22-12-27(45-34(41)13-22)24-14-25(44-35(42)15-24)19-46-18-23-7-9-43-28(23)20-46/h7,9,11-15,17,20,32-33,47,49H,4-6,8,10,16,18-19H2,1-3H3,(H2,41,45)(H2,42,44). The fourth-order valence-corrected chi connectivity index (χ4v) is 7.69. The van der Waals surface area contributed by atoms with Crippen molar-refractivity contribution in [2.24, 2.45) is 4.99 Å². The number of nitrogens with two attached hydrogens (primary N) is 2. The maximum Gasteiger partial charge on any atom is 0.341 e.